The number of aliphatic hydroxyl groups is 1. The number of carbonyl (C=O) groups is 2. The molecule has 5 rings (SSSR count). The predicted octanol–water partition coefficient (Wildman–Crippen LogP) is 0.629. The van der Waals surface area contributed by atoms with Crippen LogP contribution in [0.2, 0.25) is 0 Å². The standard InChI is InChI=1S/C23H32N10O6/c1-4-12(5-2)25-19-15-21(28-23(27-19)26-13-7-6-8-14(13)36)33(9-24-15)22-18(38-11-35)16(37-10-34)17(39-22)20-29-31-32(3)30-20/h9-14,16-18,22,36H,4-8H2,1-3H3,(H2,25,26,27,28)/t13-,14-,16+,17+,18-,22-/m1/s1. The van der Waals surface area contributed by atoms with Gasteiger partial charge in [0.05, 0.1) is 25.5 Å². The number of hydrogen-bond acceptors (Lipinski definition) is 14. The molecule has 6 atom stereocenters. The van der Waals surface area contributed by atoms with E-state index in [-0.39, 0.29) is 30.9 Å². The molecule has 3 aromatic heterocycles. The summed E-state index contributed by atoms with van der Waals surface area (Å²) in [6.07, 6.45) is 1.00. The number of imidazole rings is 1. The van der Waals surface area contributed by atoms with Crippen LogP contribution in [0.25, 0.3) is 11.2 Å². The van der Waals surface area contributed by atoms with Crippen molar-refractivity contribution in [2.75, 3.05) is 10.6 Å². The number of aromatic nitrogens is 8. The van der Waals surface area contributed by atoms with E-state index in [1.54, 1.807) is 11.6 Å². The van der Waals surface area contributed by atoms with Crippen molar-refractivity contribution in [2.24, 2.45) is 7.05 Å². The molecule has 210 valence electrons. The van der Waals surface area contributed by atoms with Crippen LogP contribution < -0.4 is 10.6 Å². The lowest BCUT2D eigenvalue weighted by molar-refractivity contribution is -0.151. The van der Waals surface area contributed by atoms with E-state index < -0.39 is 30.6 Å². The summed E-state index contributed by atoms with van der Waals surface area (Å²) in [5.74, 6) is 0.975. The van der Waals surface area contributed by atoms with E-state index in [4.69, 9.17) is 19.2 Å². The number of carbonyl (C=O) groups excluding carboxylic acids is 2. The molecule has 0 aromatic carbocycles. The van der Waals surface area contributed by atoms with E-state index in [0.717, 1.165) is 25.7 Å². The molecular formula is C23H32N10O6. The molecular weight excluding hydrogens is 512 g/mol. The Morgan fingerprint density at radius 2 is 1.95 bits per heavy atom. The largest absolute Gasteiger partial charge is 0.457 e. The normalized spacial score (nSPS) is 26.7. The van der Waals surface area contributed by atoms with Gasteiger partial charge in [0.25, 0.3) is 12.9 Å². The Labute approximate surface area is 223 Å². The molecule has 2 aliphatic rings. The summed E-state index contributed by atoms with van der Waals surface area (Å²) in [7, 11) is 1.59. The van der Waals surface area contributed by atoms with E-state index in [9.17, 15) is 14.7 Å². The number of hydrogen-bond donors (Lipinski definition) is 3. The molecule has 0 spiro atoms. The number of aliphatic hydroxyl groups excluding tert-OH is 1. The molecule has 0 unspecified atom stereocenters. The minimum absolute atomic E-state index is 0.143. The van der Waals surface area contributed by atoms with E-state index in [1.807, 2.05) is 0 Å². The lowest BCUT2D eigenvalue weighted by atomic mass is 10.1. The van der Waals surface area contributed by atoms with Crippen molar-refractivity contribution in [3.8, 4) is 0 Å². The molecule has 4 heterocycles. The zero-order valence-corrected chi connectivity index (χ0v) is 21.9. The highest BCUT2D eigenvalue weighted by molar-refractivity contribution is 5.84. The fraction of sp³-hybridized carbons (Fsp3) is 0.652. The van der Waals surface area contributed by atoms with Gasteiger partial charge >= 0.3 is 0 Å². The summed E-state index contributed by atoms with van der Waals surface area (Å²) in [6.45, 7) is 4.67. The molecule has 39 heavy (non-hydrogen) atoms. The Bertz CT molecular complexity index is 1300. The third-order valence-electron chi connectivity index (χ3n) is 7.21. The third kappa shape index (κ3) is 5.21. The van der Waals surface area contributed by atoms with Gasteiger partial charge in [-0.3, -0.25) is 14.2 Å². The fourth-order valence-corrected chi connectivity index (χ4v) is 5.13. The number of nitrogens with zero attached hydrogens (tertiary/aromatic N) is 8. The second-order valence-corrected chi connectivity index (χ2v) is 9.60. The quantitative estimate of drug-likeness (QED) is 0.269. The van der Waals surface area contributed by atoms with Gasteiger partial charge < -0.3 is 30.0 Å². The van der Waals surface area contributed by atoms with Crippen molar-refractivity contribution in [2.45, 2.75) is 88.7 Å². The topological polar surface area (TPSA) is 193 Å². The molecule has 1 aliphatic carbocycles. The Kier molecular flexibility index (Phi) is 7.83. The van der Waals surface area contributed by atoms with Crippen molar-refractivity contribution in [3.63, 3.8) is 0 Å². The lowest BCUT2D eigenvalue weighted by Crippen LogP contribution is -2.34. The summed E-state index contributed by atoms with van der Waals surface area (Å²) < 4.78 is 18.5. The first-order chi connectivity index (χ1) is 19.0. The summed E-state index contributed by atoms with van der Waals surface area (Å²) >= 11 is 0. The Balaban J connectivity index is 1.58. The molecule has 0 amide bonds. The first-order valence-electron chi connectivity index (χ1n) is 13.0. The number of anilines is 2. The van der Waals surface area contributed by atoms with Gasteiger partial charge in [0.1, 0.15) is 0 Å². The fourth-order valence-electron chi connectivity index (χ4n) is 5.13. The predicted molar refractivity (Wildman–Crippen MR) is 134 cm³/mol. The van der Waals surface area contributed by atoms with E-state index in [0.29, 0.717) is 29.4 Å². The van der Waals surface area contributed by atoms with Gasteiger partial charge in [-0.2, -0.15) is 14.8 Å². The minimum Gasteiger partial charge on any atom is -0.457 e. The van der Waals surface area contributed by atoms with Crippen molar-refractivity contribution in [1.29, 1.82) is 0 Å². The summed E-state index contributed by atoms with van der Waals surface area (Å²) in [4.78, 5) is 38.1. The molecule has 0 bridgehead atoms. The number of ether oxygens (including phenoxy) is 3. The molecule has 1 saturated carbocycles. The molecule has 16 heteroatoms. The van der Waals surface area contributed by atoms with Crippen LogP contribution in [-0.4, -0.2) is 88.2 Å². The van der Waals surface area contributed by atoms with Crippen molar-refractivity contribution in [3.05, 3.63) is 12.2 Å². The Hall–Kier alpha value is -3.92. The maximum Gasteiger partial charge on any atom is 0.293 e. The molecule has 0 radical (unpaired) electrons. The van der Waals surface area contributed by atoms with E-state index >= 15 is 0 Å². The van der Waals surface area contributed by atoms with Crippen molar-refractivity contribution in [1.82, 2.24) is 39.7 Å². The van der Waals surface area contributed by atoms with Crippen LogP contribution in [0.5, 0.6) is 0 Å². The average Bonchev–Trinajstić information content (AvgIpc) is 3.71. The highest BCUT2D eigenvalue weighted by Gasteiger charge is 2.52. The second kappa shape index (κ2) is 11.4. The highest BCUT2D eigenvalue weighted by Crippen LogP contribution is 2.42. The molecule has 16 nitrogen and oxygen atoms in total. The van der Waals surface area contributed by atoms with Gasteiger partial charge in [0.15, 0.2) is 41.5 Å². The zero-order chi connectivity index (χ0) is 27.5. The number of nitrogens with one attached hydrogen (secondary N) is 2. The van der Waals surface area contributed by atoms with Gasteiger partial charge in [0.2, 0.25) is 11.8 Å². The maximum absolute atomic E-state index is 11.5. The number of fused-ring (bicyclic) bond motifs is 1. The molecule has 2 fully saturated rings. The third-order valence-corrected chi connectivity index (χ3v) is 7.21. The van der Waals surface area contributed by atoms with Crippen LogP contribution in [0.4, 0.5) is 11.8 Å². The van der Waals surface area contributed by atoms with E-state index in [2.05, 4.69) is 49.9 Å². The van der Waals surface area contributed by atoms with Crippen molar-refractivity contribution < 1.29 is 28.9 Å². The van der Waals surface area contributed by atoms with Gasteiger partial charge in [-0.05, 0) is 37.3 Å². The molecule has 3 aromatic rings. The minimum atomic E-state index is -1.07. The lowest BCUT2D eigenvalue weighted by Gasteiger charge is -2.22. The van der Waals surface area contributed by atoms with Crippen LogP contribution in [-0.2, 0) is 30.8 Å². The number of rotatable bonds is 12. The van der Waals surface area contributed by atoms with Crippen LogP contribution >= 0.6 is 0 Å². The molecule has 1 saturated heterocycles. The average molecular weight is 545 g/mol. The number of tetrazole rings is 1. The van der Waals surface area contributed by atoms with Crippen LogP contribution in [0.1, 0.15) is 64.1 Å². The van der Waals surface area contributed by atoms with Gasteiger partial charge in [0, 0.05) is 6.04 Å². The Morgan fingerprint density at radius 1 is 1.18 bits per heavy atom. The van der Waals surface area contributed by atoms with Crippen molar-refractivity contribution >= 4 is 35.9 Å². The summed E-state index contributed by atoms with van der Waals surface area (Å²) in [5, 5.41) is 29.1. The van der Waals surface area contributed by atoms with Crippen LogP contribution in [0, 0.1) is 0 Å². The van der Waals surface area contributed by atoms with Gasteiger partial charge in [-0.25, -0.2) is 4.98 Å². The maximum atomic E-state index is 11.5. The second-order valence-electron chi connectivity index (χ2n) is 9.60. The zero-order valence-electron chi connectivity index (χ0n) is 21.9. The van der Waals surface area contributed by atoms with Crippen LogP contribution in [0.3, 0.4) is 0 Å². The highest BCUT2D eigenvalue weighted by atomic mass is 16.6. The molecule has 1 aliphatic heterocycles. The SMILES string of the molecule is CCC(CC)Nc1nc(N[C@@H]2CCC[C@H]2O)nc2c1ncn2[C@@H]1O[C@H](c2nnn(C)n2)[C@H](OC=O)[C@H]1OC=O. The first-order valence-corrected chi connectivity index (χ1v) is 13.0. The molecule has 3 N–H and O–H groups in total. The van der Waals surface area contributed by atoms with Crippen LogP contribution in [0.15, 0.2) is 6.33 Å². The number of aryl methyl sites for hydroxylation is 1. The summed E-state index contributed by atoms with van der Waals surface area (Å²) in [5.41, 5.74) is 0.859. The van der Waals surface area contributed by atoms with Gasteiger partial charge in [-0.15, -0.1) is 10.2 Å². The monoisotopic (exact) mass is 544 g/mol. The first kappa shape index (κ1) is 26.7. The van der Waals surface area contributed by atoms with Gasteiger partial charge in [-0.1, -0.05) is 13.8 Å². The Morgan fingerprint density at radius 3 is 2.59 bits per heavy atom. The summed E-state index contributed by atoms with van der Waals surface area (Å²) in [6, 6.07) is -0.0456. The van der Waals surface area contributed by atoms with E-state index in [1.165, 1.54) is 11.1 Å². The smallest absolute Gasteiger partial charge is 0.293 e.